The van der Waals surface area contributed by atoms with Gasteiger partial charge in [-0.25, -0.2) is 0 Å². The zero-order valence-electron chi connectivity index (χ0n) is 10.8. The molecule has 3 nitrogen and oxygen atoms in total. The summed E-state index contributed by atoms with van der Waals surface area (Å²) in [6.07, 6.45) is 1.07. The number of rotatable bonds is 4. The summed E-state index contributed by atoms with van der Waals surface area (Å²) in [6.45, 7) is 8.40. The number of ether oxygens (including phenoxy) is 3. The highest BCUT2D eigenvalue weighted by Crippen LogP contribution is 2.32. The molecule has 1 aliphatic heterocycles. The first kappa shape index (κ1) is 12.2. The van der Waals surface area contributed by atoms with Gasteiger partial charge in [0.15, 0.2) is 11.5 Å². The smallest absolute Gasteiger partial charge is 0.231 e. The van der Waals surface area contributed by atoms with E-state index in [2.05, 4.69) is 20.8 Å². The van der Waals surface area contributed by atoms with Crippen molar-refractivity contribution in [1.29, 1.82) is 0 Å². The summed E-state index contributed by atoms with van der Waals surface area (Å²) in [5.41, 5.74) is 1.46. The summed E-state index contributed by atoms with van der Waals surface area (Å²) >= 11 is 0. The van der Waals surface area contributed by atoms with Crippen LogP contribution in [0, 0.1) is 5.41 Å². The Morgan fingerprint density at radius 2 is 1.94 bits per heavy atom. The third kappa shape index (κ3) is 3.63. The minimum absolute atomic E-state index is 0.323. The first-order valence-corrected chi connectivity index (χ1v) is 6.01. The molecule has 0 atom stereocenters. The van der Waals surface area contributed by atoms with E-state index in [1.54, 1.807) is 0 Å². The van der Waals surface area contributed by atoms with Crippen LogP contribution >= 0.6 is 0 Å². The molecule has 0 saturated heterocycles. The summed E-state index contributed by atoms with van der Waals surface area (Å²) in [5.74, 6) is 1.64. The summed E-state index contributed by atoms with van der Waals surface area (Å²) in [7, 11) is 0. The van der Waals surface area contributed by atoms with Gasteiger partial charge in [0.1, 0.15) is 0 Å². The molecule has 1 aromatic carbocycles. The van der Waals surface area contributed by atoms with E-state index in [1.165, 1.54) is 0 Å². The highest BCUT2D eigenvalue weighted by Gasteiger charge is 2.13. The van der Waals surface area contributed by atoms with Crippen molar-refractivity contribution in [3.05, 3.63) is 23.8 Å². The topological polar surface area (TPSA) is 27.7 Å². The molecule has 0 N–H and O–H groups in total. The van der Waals surface area contributed by atoms with Gasteiger partial charge in [-0.1, -0.05) is 26.8 Å². The molecule has 17 heavy (non-hydrogen) atoms. The number of benzene rings is 1. The lowest BCUT2D eigenvalue weighted by atomic mass is 9.93. The van der Waals surface area contributed by atoms with Crippen molar-refractivity contribution in [2.24, 2.45) is 5.41 Å². The van der Waals surface area contributed by atoms with Gasteiger partial charge < -0.3 is 14.2 Å². The molecule has 1 aromatic rings. The molecular weight excluding hydrogens is 216 g/mol. The van der Waals surface area contributed by atoms with Gasteiger partial charge in [0.2, 0.25) is 6.79 Å². The van der Waals surface area contributed by atoms with Crippen LogP contribution in [0.4, 0.5) is 0 Å². The number of hydrogen-bond donors (Lipinski definition) is 0. The molecule has 0 radical (unpaired) electrons. The molecule has 0 spiro atoms. The Morgan fingerprint density at radius 1 is 1.18 bits per heavy atom. The normalized spacial score (nSPS) is 14.1. The van der Waals surface area contributed by atoms with E-state index in [0.29, 0.717) is 18.8 Å². The lowest BCUT2D eigenvalue weighted by Crippen LogP contribution is -2.09. The zero-order chi connectivity index (χ0) is 12.3. The van der Waals surface area contributed by atoms with Crippen LogP contribution in [0.3, 0.4) is 0 Å². The second-order valence-corrected chi connectivity index (χ2v) is 5.55. The van der Waals surface area contributed by atoms with Crippen LogP contribution in [0.1, 0.15) is 32.8 Å². The van der Waals surface area contributed by atoms with Gasteiger partial charge in [-0.15, -0.1) is 0 Å². The average Bonchev–Trinajstić information content (AvgIpc) is 2.70. The Labute approximate surface area is 103 Å². The summed E-state index contributed by atoms with van der Waals surface area (Å²) < 4.78 is 16.2. The quantitative estimate of drug-likeness (QED) is 0.750. The highest BCUT2D eigenvalue weighted by molar-refractivity contribution is 5.44. The van der Waals surface area contributed by atoms with Gasteiger partial charge in [-0.2, -0.15) is 0 Å². The van der Waals surface area contributed by atoms with Crippen molar-refractivity contribution >= 4 is 0 Å². The molecule has 0 bridgehead atoms. The second kappa shape index (κ2) is 4.96. The Kier molecular flexibility index (Phi) is 3.57. The SMILES string of the molecule is CC(C)(C)CCOCc1ccc2c(c1)OCO2. The Morgan fingerprint density at radius 3 is 2.71 bits per heavy atom. The molecule has 0 unspecified atom stereocenters. The molecule has 1 aliphatic rings. The minimum Gasteiger partial charge on any atom is -0.454 e. The monoisotopic (exact) mass is 236 g/mol. The van der Waals surface area contributed by atoms with E-state index in [1.807, 2.05) is 18.2 Å². The van der Waals surface area contributed by atoms with Crippen molar-refractivity contribution in [1.82, 2.24) is 0 Å². The molecule has 2 rings (SSSR count). The molecule has 94 valence electrons. The van der Waals surface area contributed by atoms with E-state index in [4.69, 9.17) is 14.2 Å². The van der Waals surface area contributed by atoms with E-state index >= 15 is 0 Å². The van der Waals surface area contributed by atoms with Crippen molar-refractivity contribution < 1.29 is 14.2 Å². The molecule has 0 saturated carbocycles. The van der Waals surface area contributed by atoms with Gasteiger partial charge in [0, 0.05) is 6.61 Å². The van der Waals surface area contributed by atoms with Crippen LogP contribution in [0.5, 0.6) is 11.5 Å². The lowest BCUT2D eigenvalue weighted by molar-refractivity contribution is 0.0961. The highest BCUT2D eigenvalue weighted by atomic mass is 16.7. The Hall–Kier alpha value is -1.22. The van der Waals surface area contributed by atoms with Crippen LogP contribution in [0.2, 0.25) is 0 Å². The maximum absolute atomic E-state index is 5.66. The third-order valence-corrected chi connectivity index (χ3v) is 2.70. The Balaban J connectivity index is 1.80. The molecular formula is C14H20O3. The lowest BCUT2D eigenvalue weighted by Gasteiger charge is -2.17. The van der Waals surface area contributed by atoms with Crippen molar-refractivity contribution in [3.63, 3.8) is 0 Å². The molecule has 0 amide bonds. The van der Waals surface area contributed by atoms with Crippen molar-refractivity contribution in [2.45, 2.75) is 33.8 Å². The van der Waals surface area contributed by atoms with Crippen molar-refractivity contribution in [3.8, 4) is 11.5 Å². The van der Waals surface area contributed by atoms with Crippen LogP contribution in [0.25, 0.3) is 0 Å². The molecule has 0 aliphatic carbocycles. The van der Waals surface area contributed by atoms with Crippen LogP contribution < -0.4 is 9.47 Å². The maximum Gasteiger partial charge on any atom is 0.231 e. The van der Waals surface area contributed by atoms with Crippen molar-refractivity contribution in [2.75, 3.05) is 13.4 Å². The standard InChI is InChI=1S/C14H20O3/c1-14(2,3)6-7-15-9-11-4-5-12-13(8-11)17-10-16-12/h4-5,8H,6-7,9-10H2,1-3H3. The maximum atomic E-state index is 5.66. The van der Waals surface area contributed by atoms with Crippen LogP contribution in [-0.2, 0) is 11.3 Å². The molecule has 0 fully saturated rings. The van der Waals surface area contributed by atoms with E-state index in [0.717, 1.165) is 30.1 Å². The minimum atomic E-state index is 0.323. The fraction of sp³-hybridized carbons (Fsp3) is 0.571. The van der Waals surface area contributed by atoms with Gasteiger partial charge in [0.25, 0.3) is 0 Å². The van der Waals surface area contributed by atoms with Crippen LogP contribution in [-0.4, -0.2) is 13.4 Å². The first-order chi connectivity index (χ1) is 8.04. The Bertz CT molecular complexity index is 380. The van der Waals surface area contributed by atoms with E-state index < -0.39 is 0 Å². The van der Waals surface area contributed by atoms with Crippen LogP contribution in [0.15, 0.2) is 18.2 Å². The predicted molar refractivity (Wildman–Crippen MR) is 66.3 cm³/mol. The fourth-order valence-electron chi connectivity index (χ4n) is 1.60. The summed E-state index contributed by atoms with van der Waals surface area (Å²) in [5, 5.41) is 0. The second-order valence-electron chi connectivity index (χ2n) is 5.55. The number of hydrogen-bond acceptors (Lipinski definition) is 3. The zero-order valence-corrected chi connectivity index (χ0v) is 10.8. The first-order valence-electron chi connectivity index (χ1n) is 6.01. The molecule has 0 aromatic heterocycles. The van der Waals surface area contributed by atoms with Gasteiger partial charge >= 0.3 is 0 Å². The summed E-state index contributed by atoms with van der Waals surface area (Å²) in [4.78, 5) is 0. The molecule has 1 heterocycles. The van der Waals surface area contributed by atoms with Gasteiger partial charge in [-0.3, -0.25) is 0 Å². The number of fused-ring (bicyclic) bond motifs is 1. The predicted octanol–water partition coefficient (Wildman–Crippen LogP) is 3.37. The van der Waals surface area contributed by atoms with E-state index in [9.17, 15) is 0 Å². The summed E-state index contributed by atoms with van der Waals surface area (Å²) in [6, 6.07) is 5.94. The largest absolute Gasteiger partial charge is 0.454 e. The van der Waals surface area contributed by atoms with E-state index in [-0.39, 0.29) is 0 Å². The fourth-order valence-corrected chi connectivity index (χ4v) is 1.60. The van der Waals surface area contributed by atoms with Gasteiger partial charge in [0.05, 0.1) is 6.61 Å². The molecule has 3 heteroatoms. The third-order valence-electron chi connectivity index (χ3n) is 2.70. The van der Waals surface area contributed by atoms with Gasteiger partial charge in [-0.05, 0) is 29.5 Å². The average molecular weight is 236 g/mol.